The van der Waals surface area contributed by atoms with Crippen molar-refractivity contribution in [2.75, 3.05) is 19.4 Å². The number of aliphatic hydroxyl groups is 1. The zero-order valence-electron chi connectivity index (χ0n) is 21.1. The van der Waals surface area contributed by atoms with Crippen LogP contribution >= 0.6 is 0 Å². The van der Waals surface area contributed by atoms with Gasteiger partial charge in [-0.3, -0.25) is 9.78 Å². The second-order valence-corrected chi connectivity index (χ2v) is 11.2. The summed E-state index contributed by atoms with van der Waals surface area (Å²) in [6.07, 6.45) is 6.22. The van der Waals surface area contributed by atoms with E-state index in [2.05, 4.69) is 19.6 Å². The lowest BCUT2D eigenvalue weighted by molar-refractivity contribution is -0.121. The highest BCUT2D eigenvalue weighted by atomic mass is 32.2. The van der Waals surface area contributed by atoms with Crippen LogP contribution in [0.1, 0.15) is 5.69 Å². The number of hydrogen-bond acceptors (Lipinski definition) is 7. The monoisotopic (exact) mass is 547 g/mol. The lowest BCUT2D eigenvalue weighted by atomic mass is 10.1. The van der Waals surface area contributed by atoms with Gasteiger partial charge in [0.2, 0.25) is 11.8 Å². The molecule has 0 saturated heterocycles. The minimum absolute atomic E-state index is 0.0114. The Balaban J connectivity index is 1.26. The second-order valence-electron chi connectivity index (χ2n) is 8.87. The number of carbonyl (C=O) groups is 1. The van der Waals surface area contributed by atoms with Crippen molar-refractivity contribution in [1.29, 1.82) is 0 Å². The minimum Gasteiger partial charge on any atom is -0.443 e. The summed E-state index contributed by atoms with van der Waals surface area (Å²) in [7, 11) is -2.56. The third-order valence-corrected chi connectivity index (χ3v) is 7.99. The molecule has 1 atom stereocenters. The highest BCUT2D eigenvalue weighted by Crippen LogP contribution is 2.28. The van der Waals surface area contributed by atoms with E-state index in [9.17, 15) is 13.4 Å². The summed E-state index contributed by atoms with van der Waals surface area (Å²) in [6.45, 7) is 0.200. The van der Waals surface area contributed by atoms with Crippen molar-refractivity contribution in [2.45, 2.75) is 18.0 Å². The first-order valence-electron chi connectivity index (χ1n) is 12.1. The van der Waals surface area contributed by atoms with Crippen LogP contribution < -0.4 is 5.32 Å². The number of aromatic nitrogens is 3. The molecule has 0 aliphatic rings. The fourth-order valence-corrected chi connectivity index (χ4v) is 5.44. The van der Waals surface area contributed by atoms with E-state index in [-0.39, 0.29) is 38.0 Å². The smallest absolute Gasteiger partial charge is 0.243 e. The van der Waals surface area contributed by atoms with Crippen LogP contribution in [0.5, 0.6) is 0 Å². The highest BCUT2D eigenvalue weighted by Gasteiger charge is 2.17. The third kappa shape index (κ3) is 5.89. The quantitative estimate of drug-likeness (QED) is 0.284. The number of hydrogen-bond donors (Lipinski definition) is 2. The van der Waals surface area contributed by atoms with Gasteiger partial charge in [-0.15, -0.1) is 0 Å². The molecule has 0 spiro atoms. The molecular weight excluding hydrogens is 521 g/mol. The van der Waals surface area contributed by atoms with E-state index < -0.39 is 9.73 Å². The molecule has 9 nitrogen and oxygen atoms in total. The number of carbonyl (C=O) groups excluding carboxylic acids is 1. The molecule has 2 N–H and O–H groups in total. The molecule has 0 bridgehead atoms. The van der Waals surface area contributed by atoms with E-state index in [0.717, 1.165) is 11.1 Å². The van der Waals surface area contributed by atoms with E-state index in [1.165, 1.54) is 24.6 Å². The minimum atomic E-state index is -2.56. The maximum absolute atomic E-state index is 13.8. The number of pyridine rings is 1. The predicted molar refractivity (Wildman–Crippen MR) is 146 cm³/mol. The zero-order chi connectivity index (χ0) is 27.4. The number of amides is 1. The third-order valence-electron chi connectivity index (χ3n) is 6.17. The number of rotatable bonds is 9. The van der Waals surface area contributed by atoms with Gasteiger partial charge in [0.05, 0.1) is 41.3 Å². The molecule has 1 amide bonds. The topological polar surface area (TPSA) is 123 Å². The van der Waals surface area contributed by atoms with Gasteiger partial charge in [0.15, 0.2) is 0 Å². The molecule has 5 rings (SSSR count). The van der Waals surface area contributed by atoms with Crippen LogP contribution in [0.2, 0.25) is 0 Å². The van der Waals surface area contributed by atoms with Crippen LogP contribution in [0, 0.1) is 5.82 Å². The number of nitrogens with zero attached hydrogens (tertiary/aromatic N) is 4. The van der Waals surface area contributed by atoms with Crippen LogP contribution in [0.4, 0.5) is 4.39 Å². The maximum atomic E-state index is 13.8. The molecule has 3 aromatic heterocycles. The van der Waals surface area contributed by atoms with Crippen molar-refractivity contribution in [3.8, 4) is 22.7 Å². The first-order chi connectivity index (χ1) is 18.8. The molecule has 0 saturated carbocycles. The van der Waals surface area contributed by atoms with Gasteiger partial charge >= 0.3 is 0 Å². The van der Waals surface area contributed by atoms with Crippen molar-refractivity contribution < 1.29 is 22.9 Å². The average Bonchev–Trinajstić information content (AvgIpc) is 3.59. The Morgan fingerprint density at radius 2 is 1.90 bits per heavy atom. The number of fused-ring (bicyclic) bond motifs is 1. The van der Waals surface area contributed by atoms with Crippen LogP contribution in [-0.2, 0) is 27.6 Å². The predicted octanol–water partition coefficient (Wildman–Crippen LogP) is 4.26. The summed E-state index contributed by atoms with van der Waals surface area (Å²) in [5.74, 6) is -0.279. The Bertz CT molecular complexity index is 1720. The molecule has 0 aliphatic carbocycles. The zero-order valence-corrected chi connectivity index (χ0v) is 21.9. The van der Waals surface area contributed by atoms with Crippen LogP contribution in [0.25, 0.3) is 33.6 Å². The molecular formula is C28H26FN5O4S. The fourth-order valence-electron chi connectivity index (χ4n) is 4.22. The largest absolute Gasteiger partial charge is 0.443 e. The summed E-state index contributed by atoms with van der Waals surface area (Å²) in [6, 6.07) is 17.1. The lowest BCUT2D eigenvalue weighted by Crippen LogP contribution is -2.27. The number of halogens is 1. The summed E-state index contributed by atoms with van der Waals surface area (Å²) in [4.78, 5) is 22.1. The van der Waals surface area contributed by atoms with E-state index in [0.29, 0.717) is 33.1 Å². The van der Waals surface area contributed by atoms with Gasteiger partial charge in [0.25, 0.3) is 0 Å². The number of oxazole rings is 1. The number of nitrogens with one attached hydrogen (secondary N) is 1. The molecule has 3 heterocycles. The summed E-state index contributed by atoms with van der Waals surface area (Å²) in [5, 5.41) is 12.5. The average molecular weight is 548 g/mol. The molecule has 0 radical (unpaired) electrons. The molecule has 11 heteroatoms. The molecule has 200 valence electrons. The summed E-state index contributed by atoms with van der Waals surface area (Å²) < 4.78 is 37.7. The Morgan fingerprint density at radius 3 is 2.59 bits per heavy atom. The van der Waals surface area contributed by atoms with Crippen molar-refractivity contribution in [3.05, 3.63) is 90.8 Å². The van der Waals surface area contributed by atoms with E-state index >= 15 is 0 Å². The van der Waals surface area contributed by atoms with Crippen LogP contribution in [0.15, 0.2) is 93.0 Å². The Kier molecular flexibility index (Phi) is 7.53. The summed E-state index contributed by atoms with van der Waals surface area (Å²) in [5.41, 5.74) is 3.71. The van der Waals surface area contributed by atoms with Crippen LogP contribution in [-0.4, -0.2) is 49.2 Å². The van der Waals surface area contributed by atoms with Crippen molar-refractivity contribution >= 4 is 26.5 Å². The molecule has 1 unspecified atom stereocenters. The van der Waals surface area contributed by atoms with E-state index in [1.54, 1.807) is 41.3 Å². The van der Waals surface area contributed by atoms with E-state index in [1.807, 2.05) is 24.3 Å². The fraction of sp³-hybridized carbons (Fsp3) is 0.179. The number of aliphatic hydroxyl groups excluding tert-OH is 1. The Labute approximate surface area is 224 Å². The van der Waals surface area contributed by atoms with Gasteiger partial charge in [0, 0.05) is 33.8 Å². The number of benzene rings is 2. The van der Waals surface area contributed by atoms with Crippen LogP contribution in [0.3, 0.4) is 0 Å². The van der Waals surface area contributed by atoms with Gasteiger partial charge in [-0.1, -0.05) is 18.2 Å². The van der Waals surface area contributed by atoms with E-state index in [4.69, 9.17) is 9.52 Å². The van der Waals surface area contributed by atoms with Crippen molar-refractivity contribution in [2.24, 2.45) is 4.36 Å². The van der Waals surface area contributed by atoms with Gasteiger partial charge in [-0.2, -0.15) is 0 Å². The molecule has 0 fully saturated rings. The normalized spacial score (nSPS) is 12.8. The van der Waals surface area contributed by atoms with Gasteiger partial charge in [-0.05, 0) is 48.0 Å². The van der Waals surface area contributed by atoms with Gasteiger partial charge < -0.3 is 19.4 Å². The van der Waals surface area contributed by atoms with Crippen molar-refractivity contribution in [1.82, 2.24) is 19.9 Å². The molecule has 39 heavy (non-hydrogen) atoms. The second kappa shape index (κ2) is 11.2. The lowest BCUT2D eigenvalue weighted by Gasteiger charge is -2.10. The maximum Gasteiger partial charge on any atom is 0.243 e. The molecule has 5 aromatic rings. The summed E-state index contributed by atoms with van der Waals surface area (Å²) >= 11 is 0. The Hall–Kier alpha value is -4.35. The SMILES string of the molecule is CS(=O)(=NCCO)c1ccc(-c2ccc(CNC(=O)Cn3c(-c4ncco4)cc4cc(F)ccc43)nc2)cc1. The van der Waals surface area contributed by atoms with Gasteiger partial charge in [0.1, 0.15) is 24.3 Å². The van der Waals surface area contributed by atoms with Gasteiger partial charge in [-0.25, -0.2) is 17.9 Å². The first-order valence-corrected chi connectivity index (χ1v) is 14.1. The van der Waals surface area contributed by atoms with Crippen molar-refractivity contribution in [3.63, 3.8) is 0 Å². The molecule has 0 aliphatic heterocycles. The molecule has 2 aromatic carbocycles. The first kappa shape index (κ1) is 26.3. The highest BCUT2D eigenvalue weighted by molar-refractivity contribution is 7.93. The standard InChI is InChI=1S/C28H26FN5O4S/c1-39(37,33-10-12-35)24-7-3-19(4-8-24)20-2-6-23(31-16-20)17-32-27(36)18-34-25-9-5-22(29)14-21(25)15-26(34)28-30-11-13-38-28/h2-9,11,13-16,35H,10,12,17-18H2,1H3,(H,32,36). The Morgan fingerprint density at radius 1 is 1.10 bits per heavy atom.